The highest BCUT2D eigenvalue weighted by molar-refractivity contribution is 5.32. The lowest BCUT2D eigenvalue weighted by Gasteiger charge is -2.17. The van der Waals surface area contributed by atoms with E-state index in [1.54, 1.807) is 6.92 Å². The quantitative estimate of drug-likeness (QED) is 0.890. The lowest BCUT2D eigenvalue weighted by atomic mass is 10.0. The van der Waals surface area contributed by atoms with Crippen LogP contribution >= 0.6 is 0 Å². The molecule has 0 saturated carbocycles. The van der Waals surface area contributed by atoms with Gasteiger partial charge in [0.1, 0.15) is 23.2 Å². The van der Waals surface area contributed by atoms with Gasteiger partial charge in [-0.25, -0.2) is 8.78 Å². The maximum Gasteiger partial charge on any atom is 0.128 e. The molecule has 1 unspecified atom stereocenters. The maximum atomic E-state index is 14.1. The van der Waals surface area contributed by atoms with Gasteiger partial charge in [-0.05, 0) is 43.3 Å². The third-order valence-corrected chi connectivity index (χ3v) is 3.31. The molecule has 4 heteroatoms. The zero-order chi connectivity index (χ0) is 14.7. The van der Waals surface area contributed by atoms with Gasteiger partial charge in [-0.15, -0.1) is 0 Å². The van der Waals surface area contributed by atoms with E-state index in [0.29, 0.717) is 17.9 Å². The topological polar surface area (TPSA) is 25.2 Å². The summed E-state index contributed by atoms with van der Waals surface area (Å²) in [6.07, 6.45) is 0.767. The van der Waals surface area contributed by atoms with Crippen LogP contribution in [0.4, 0.5) is 8.78 Å². The molecule has 1 N–H and O–H groups in total. The lowest BCUT2D eigenvalue weighted by Crippen LogP contribution is -2.23. The minimum absolute atomic E-state index is 0.270. The van der Waals surface area contributed by atoms with Gasteiger partial charge in [0, 0.05) is 12.0 Å². The fourth-order valence-electron chi connectivity index (χ4n) is 2.19. The van der Waals surface area contributed by atoms with E-state index in [9.17, 15) is 8.78 Å². The Morgan fingerprint density at radius 2 is 1.90 bits per heavy atom. The molecule has 0 radical (unpaired) electrons. The molecule has 2 nitrogen and oxygen atoms in total. The number of aryl methyl sites for hydroxylation is 2. The first-order valence-corrected chi connectivity index (χ1v) is 6.84. The Labute approximate surface area is 117 Å². The molecule has 2 rings (SSSR count). The third kappa shape index (κ3) is 2.90. The monoisotopic (exact) mass is 279 g/mol. The van der Waals surface area contributed by atoms with E-state index in [1.807, 2.05) is 26.0 Å². The van der Waals surface area contributed by atoms with Gasteiger partial charge in [0.05, 0.1) is 6.04 Å². The van der Waals surface area contributed by atoms with Gasteiger partial charge in [0.2, 0.25) is 0 Å². The molecule has 0 aliphatic carbocycles. The number of furan rings is 1. The summed E-state index contributed by atoms with van der Waals surface area (Å²) in [5.74, 6) is 0.595. The van der Waals surface area contributed by atoms with Crippen LogP contribution < -0.4 is 5.32 Å². The van der Waals surface area contributed by atoms with Crippen LogP contribution in [0.5, 0.6) is 0 Å². The number of benzene rings is 1. The van der Waals surface area contributed by atoms with Gasteiger partial charge in [-0.1, -0.05) is 13.8 Å². The Morgan fingerprint density at radius 1 is 1.15 bits per heavy atom. The van der Waals surface area contributed by atoms with Crippen LogP contribution in [0.3, 0.4) is 0 Å². The Balaban J connectivity index is 2.45. The van der Waals surface area contributed by atoms with Crippen LogP contribution in [-0.2, 0) is 6.42 Å². The summed E-state index contributed by atoms with van der Waals surface area (Å²) >= 11 is 0. The molecule has 20 heavy (non-hydrogen) atoms. The summed E-state index contributed by atoms with van der Waals surface area (Å²) < 4.78 is 33.5. The normalized spacial score (nSPS) is 12.7. The second-order valence-electron chi connectivity index (χ2n) is 4.77. The van der Waals surface area contributed by atoms with Gasteiger partial charge in [-0.2, -0.15) is 0 Å². The predicted octanol–water partition coefficient (Wildman–Crippen LogP) is 4.13. The smallest absolute Gasteiger partial charge is 0.128 e. The van der Waals surface area contributed by atoms with E-state index in [4.69, 9.17) is 4.42 Å². The van der Waals surface area contributed by atoms with Crippen molar-refractivity contribution in [2.24, 2.45) is 0 Å². The minimum atomic E-state index is -0.476. The summed E-state index contributed by atoms with van der Waals surface area (Å²) in [6, 6.07) is 5.66. The Hall–Kier alpha value is -1.68. The van der Waals surface area contributed by atoms with E-state index >= 15 is 0 Å². The van der Waals surface area contributed by atoms with Crippen molar-refractivity contribution in [2.45, 2.75) is 33.2 Å². The Morgan fingerprint density at radius 3 is 2.50 bits per heavy atom. The minimum Gasteiger partial charge on any atom is -0.464 e. The van der Waals surface area contributed by atoms with Crippen molar-refractivity contribution >= 4 is 0 Å². The highest BCUT2D eigenvalue weighted by Gasteiger charge is 2.21. The second-order valence-corrected chi connectivity index (χ2v) is 4.77. The molecule has 0 fully saturated rings. The first-order valence-electron chi connectivity index (χ1n) is 6.84. The molecule has 0 aliphatic heterocycles. The second kappa shape index (κ2) is 6.18. The maximum absolute atomic E-state index is 14.1. The Bertz CT molecular complexity index is 592. The first kappa shape index (κ1) is 14.7. The molecule has 2 aromatic rings. The number of halogens is 2. The third-order valence-electron chi connectivity index (χ3n) is 3.31. The average molecular weight is 279 g/mol. The summed E-state index contributed by atoms with van der Waals surface area (Å²) in [5.41, 5.74) is 0.571. The van der Waals surface area contributed by atoms with Crippen LogP contribution in [0.1, 0.15) is 42.5 Å². The van der Waals surface area contributed by atoms with Crippen LogP contribution in [0.2, 0.25) is 0 Å². The van der Waals surface area contributed by atoms with Crippen LogP contribution in [0.15, 0.2) is 28.7 Å². The van der Waals surface area contributed by atoms with Crippen molar-refractivity contribution in [3.05, 3.63) is 58.5 Å². The van der Waals surface area contributed by atoms with Crippen molar-refractivity contribution in [3.8, 4) is 0 Å². The van der Waals surface area contributed by atoms with Gasteiger partial charge < -0.3 is 9.73 Å². The number of hydrogen-bond acceptors (Lipinski definition) is 2. The SMILES string of the molecule is CCNC(c1ccc(CC)o1)c1cc(F)c(C)cc1F. The van der Waals surface area contributed by atoms with Gasteiger partial charge in [0.15, 0.2) is 0 Å². The molecular formula is C16H19F2NO. The summed E-state index contributed by atoms with van der Waals surface area (Å²) in [4.78, 5) is 0. The van der Waals surface area contributed by atoms with E-state index < -0.39 is 17.7 Å². The van der Waals surface area contributed by atoms with Crippen molar-refractivity contribution in [2.75, 3.05) is 6.54 Å². The molecule has 1 atom stereocenters. The molecule has 108 valence electrons. The fourth-order valence-corrected chi connectivity index (χ4v) is 2.19. The van der Waals surface area contributed by atoms with E-state index in [1.165, 1.54) is 12.1 Å². The lowest BCUT2D eigenvalue weighted by molar-refractivity contribution is 0.417. The fraction of sp³-hybridized carbons (Fsp3) is 0.375. The highest BCUT2D eigenvalue weighted by atomic mass is 19.1. The van der Waals surface area contributed by atoms with E-state index in [-0.39, 0.29) is 5.56 Å². The summed E-state index contributed by atoms with van der Waals surface area (Å²) in [7, 11) is 0. The highest BCUT2D eigenvalue weighted by Crippen LogP contribution is 2.28. The van der Waals surface area contributed by atoms with Crippen LogP contribution in [0.25, 0.3) is 0 Å². The van der Waals surface area contributed by atoms with Crippen molar-refractivity contribution < 1.29 is 13.2 Å². The van der Waals surface area contributed by atoms with Crippen molar-refractivity contribution in [1.29, 1.82) is 0 Å². The molecule has 0 spiro atoms. The largest absolute Gasteiger partial charge is 0.464 e. The molecule has 1 heterocycles. The Kier molecular flexibility index (Phi) is 4.55. The molecule has 0 saturated heterocycles. The van der Waals surface area contributed by atoms with Crippen LogP contribution in [0, 0.1) is 18.6 Å². The number of nitrogens with one attached hydrogen (secondary N) is 1. The molecule has 1 aromatic heterocycles. The molecule has 0 amide bonds. The van der Waals surface area contributed by atoms with E-state index in [2.05, 4.69) is 5.32 Å². The van der Waals surface area contributed by atoms with Crippen molar-refractivity contribution in [1.82, 2.24) is 5.32 Å². The summed E-state index contributed by atoms with van der Waals surface area (Å²) in [5, 5.41) is 3.14. The zero-order valence-corrected chi connectivity index (χ0v) is 12.0. The van der Waals surface area contributed by atoms with E-state index in [0.717, 1.165) is 12.2 Å². The first-order chi connectivity index (χ1) is 9.56. The standard InChI is InChI=1S/C16H19F2NO/c1-4-11-6-7-15(20-11)16(19-5-2)12-9-13(17)10(3)8-14(12)18/h6-9,16,19H,4-5H2,1-3H3. The molecule has 0 aliphatic rings. The zero-order valence-electron chi connectivity index (χ0n) is 12.0. The predicted molar refractivity (Wildman–Crippen MR) is 74.7 cm³/mol. The molecular weight excluding hydrogens is 260 g/mol. The van der Waals surface area contributed by atoms with Gasteiger partial charge >= 0.3 is 0 Å². The van der Waals surface area contributed by atoms with Crippen LogP contribution in [-0.4, -0.2) is 6.54 Å². The van der Waals surface area contributed by atoms with Gasteiger partial charge in [-0.3, -0.25) is 0 Å². The van der Waals surface area contributed by atoms with Crippen molar-refractivity contribution in [3.63, 3.8) is 0 Å². The molecule has 0 bridgehead atoms. The molecule has 1 aromatic carbocycles. The summed E-state index contributed by atoms with van der Waals surface area (Å²) in [6.45, 7) is 6.07. The van der Waals surface area contributed by atoms with Gasteiger partial charge in [0.25, 0.3) is 0 Å². The average Bonchev–Trinajstić information content (AvgIpc) is 2.89. The number of rotatable bonds is 5. The number of hydrogen-bond donors (Lipinski definition) is 1.